The second kappa shape index (κ2) is 8.44. The molecular formula is C22H33N3O5. The molecule has 3 aliphatic heterocycles. The molecule has 0 bridgehead atoms. The van der Waals surface area contributed by atoms with Crippen LogP contribution in [0.3, 0.4) is 0 Å². The summed E-state index contributed by atoms with van der Waals surface area (Å²) in [4.78, 5) is 2.11. The van der Waals surface area contributed by atoms with E-state index in [2.05, 4.69) is 15.5 Å². The molecule has 1 aliphatic carbocycles. The first-order valence-corrected chi connectivity index (χ1v) is 11.1. The summed E-state index contributed by atoms with van der Waals surface area (Å²) in [5.41, 5.74) is 3.31. The molecule has 0 amide bonds. The molecule has 0 spiro atoms. The fraction of sp³-hybridized carbons (Fsp3) is 0.727. The Hall–Kier alpha value is -1.10. The van der Waals surface area contributed by atoms with Crippen molar-refractivity contribution in [3.05, 3.63) is 34.9 Å². The second-order valence-corrected chi connectivity index (χ2v) is 9.05. The molecule has 1 aromatic carbocycles. The third-order valence-electron chi connectivity index (χ3n) is 7.46. The molecule has 30 heavy (non-hydrogen) atoms. The number of ether oxygens (including phenoxy) is 2. The van der Waals surface area contributed by atoms with Gasteiger partial charge in [-0.15, -0.1) is 0 Å². The van der Waals surface area contributed by atoms with Gasteiger partial charge in [-0.1, -0.05) is 18.2 Å². The van der Waals surface area contributed by atoms with Crippen molar-refractivity contribution in [2.75, 3.05) is 26.9 Å². The molecule has 0 aromatic heterocycles. The number of methoxy groups -OCH3 is 1. The summed E-state index contributed by atoms with van der Waals surface area (Å²) in [5.74, 6) is 0.374. The Bertz CT molecular complexity index is 764. The van der Waals surface area contributed by atoms with E-state index in [9.17, 15) is 15.3 Å². The molecule has 5 rings (SSSR count). The third kappa shape index (κ3) is 3.49. The highest BCUT2D eigenvalue weighted by atomic mass is 16.6. The Labute approximate surface area is 177 Å². The van der Waals surface area contributed by atoms with Crippen molar-refractivity contribution in [1.29, 1.82) is 0 Å². The van der Waals surface area contributed by atoms with E-state index in [0.29, 0.717) is 25.2 Å². The van der Waals surface area contributed by atoms with Crippen molar-refractivity contribution < 1.29 is 24.8 Å². The van der Waals surface area contributed by atoms with Crippen LogP contribution in [0.1, 0.15) is 35.6 Å². The van der Waals surface area contributed by atoms with E-state index < -0.39 is 30.6 Å². The number of aliphatic hydroxyl groups excluding tert-OH is 3. The number of aryl methyl sites for hydroxylation is 2. The van der Waals surface area contributed by atoms with Crippen molar-refractivity contribution in [3.63, 3.8) is 0 Å². The Morgan fingerprint density at radius 3 is 2.77 bits per heavy atom. The van der Waals surface area contributed by atoms with E-state index >= 15 is 0 Å². The lowest BCUT2D eigenvalue weighted by atomic mass is 9.85. The number of rotatable bonds is 6. The SMILES string of the molecule is COCCC1NCNC2C1CCN2[C@@H]1O[C@H]([C@H](O)c2ccc3c(c2)CC3)[C@@H](O)[C@H]1O. The van der Waals surface area contributed by atoms with Crippen LogP contribution >= 0.6 is 0 Å². The summed E-state index contributed by atoms with van der Waals surface area (Å²) in [7, 11) is 1.72. The predicted molar refractivity (Wildman–Crippen MR) is 110 cm³/mol. The van der Waals surface area contributed by atoms with Crippen molar-refractivity contribution >= 4 is 0 Å². The average Bonchev–Trinajstić information content (AvgIpc) is 3.29. The quantitative estimate of drug-likeness (QED) is 0.419. The van der Waals surface area contributed by atoms with Gasteiger partial charge in [0.2, 0.25) is 0 Å². The summed E-state index contributed by atoms with van der Waals surface area (Å²) < 4.78 is 11.4. The Balaban J connectivity index is 1.29. The van der Waals surface area contributed by atoms with Crippen LogP contribution in [0, 0.1) is 5.92 Å². The minimum absolute atomic E-state index is 0.0623. The van der Waals surface area contributed by atoms with Crippen molar-refractivity contribution in [3.8, 4) is 0 Å². The van der Waals surface area contributed by atoms with Gasteiger partial charge in [0.15, 0.2) is 0 Å². The van der Waals surface area contributed by atoms with Gasteiger partial charge in [0.25, 0.3) is 0 Å². The fourth-order valence-electron chi connectivity index (χ4n) is 5.63. The van der Waals surface area contributed by atoms with E-state index in [1.807, 2.05) is 18.2 Å². The number of likely N-dealkylation sites (tertiary alicyclic amines) is 1. The van der Waals surface area contributed by atoms with Gasteiger partial charge in [0, 0.05) is 38.9 Å². The summed E-state index contributed by atoms with van der Waals surface area (Å²) in [6, 6.07) is 6.28. The predicted octanol–water partition coefficient (Wildman–Crippen LogP) is -0.531. The van der Waals surface area contributed by atoms with Crippen LogP contribution < -0.4 is 10.6 Å². The molecule has 0 radical (unpaired) electrons. The second-order valence-electron chi connectivity index (χ2n) is 9.05. The van der Waals surface area contributed by atoms with E-state index in [-0.39, 0.29) is 6.17 Å². The van der Waals surface area contributed by atoms with Crippen LogP contribution in [0.2, 0.25) is 0 Å². The van der Waals surface area contributed by atoms with Gasteiger partial charge in [-0.3, -0.25) is 10.2 Å². The zero-order valence-electron chi connectivity index (χ0n) is 17.4. The zero-order chi connectivity index (χ0) is 20.8. The van der Waals surface area contributed by atoms with Crippen LogP contribution in [-0.4, -0.2) is 83.9 Å². The molecule has 4 aliphatic rings. The number of benzene rings is 1. The Morgan fingerprint density at radius 1 is 1.20 bits per heavy atom. The zero-order valence-corrected chi connectivity index (χ0v) is 17.4. The van der Waals surface area contributed by atoms with E-state index in [1.54, 1.807) is 7.11 Å². The molecule has 166 valence electrons. The number of nitrogens with zero attached hydrogens (tertiary/aromatic N) is 1. The molecule has 3 fully saturated rings. The smallest absolute Gasteiger partial charge is 0.141 e. The van der Waals surface area contributed by atoms with E-state index in [1.165, 1.54) is 11.1 Å². The van der Waals surface area contributed by atoms with Gasteiger partial charge in [0.05, 0.1) is 6.17 Å². The largest absolute Gasteiger partial charge is 0.387 e. The highest BCUT2D eigenvalue weighted by molar-refractivity contribution is 5.39. The third-order valence-corrected chi connectivity index (χ3v) is 7.46. The maximum atomic E-state index is 10.9. The Morgan fingerprint density at radius 2 is 2.03 bits per heavy atom. The summed E-state index contributed by atoms with van der Waals surface area (Å²) in [5, 5.41) is 39.4. The Kier molecular flexibility index (Phi) is 5.85. The molecule has 3 saturated heterocycles. The van der Waals surface area contributed by atoms with Gasteiger partial charge in [-0.2, -0.15) is 0 Å². The van der Waals surface area contributed by atoms with Crippen molar-refractivity contribution in [2.45, 2.75) is 68.5 Å². The maximum absolute atomic E-state index is 10.9. The molecule has 5 N–H and O–H groups in total. The van der Waals surface area contributed by atoms with Crippen molar-refractivity contribution in [1.82, 2.24) is 15.5 Å². The highest BCUT2D eigenvalue weighted by Crippen LogP contribution is 2.38. The number of hydrogen-bond donors (Lipinski definition) is 5. The molecular weight excluding hydrogens is 386 g/mol. The van der Waals surface area contributed by atoms with Crippen molar-refractivity contribution in [2.24, 2.45) is 5.92 Å². The lowest BCUT2D eigenvalue weighted by Crippen LogP contribution is -2.62. The lowest BCUT2D eigenvalue weighted by Gasteiger charge is -2.41. The first-order valence-electron chi connectivity index (χ1n) is 11.1. The average molecular weight is 420 g/mol. The normalized spacial score (nSPS) is 39.4. The summed E-state index contributed by atoms with van der Waals surface area (Å²) >= 11 is 0. The van der Waals surface area contributed by atoms with Crippen LogP contribution in [-0.2, 0) is 22.3 Å². The number of nitrogens with one attached hydrogen (secondary N) is 2. The minimum Gasteiger partial charge on any atom is -0.387 e. The van der Waals surface area contributed by atoms with Crippen LogP contribution in [0.15, 0.2) is 18.2 Å². The van der Waals surface area contributed by atoms with Gasteiger partial charge in [0.1, 0.15) is 30.6 Å². The minimum atomic E-state index is -1.14. The standard InChI is InChI=1S/C22H33N3O5/c1-29-9-7-16-15-6-8-25(21(15)24-11-23-16)22-19(28)18(27)20(30-22)17(26)14-5-3-12-2-4-13(12)10-14/h3,5,10,15-24,26-28H,2,4,6-9,11H2,1H3/t15?,16?,17-,18+,19-,20-,21?,22-/m1/s1. The first-order chi connectivity index (χ1) is 14.6. The molecule has 3 heterocycles. The monoisotopic (exact) mass is 419 g/mol. The molecule has 1 aromatic rings. The molecule has 0 saturated carbocycles. The fourth-order valence-corrected chi connectivity index (χ4v) is 5.63. The van der Waals surface area contributed by atoms with Gasteiger partial charge in [-0.05, 0) is 42.4 Å². The molecule has 8 nitrogen and oxygen atoms in total. The number of aliphatic hydroxyl groups is 3. The maximum Gasteiger partial charge on any atom is 0.141 e. The van der Waals surface area contributed by atoms with E-state index in [4.69, 9.17) is 9.47 Å². The van der Waals surface area contributed by atoms with Crippen LogP contribution in [0.4, 0.5) is 0 Å². The van der Waals surface area contributed by atoms with Gasteiger partial charge in [-0.25, -0.2) is 0 Å². The topological polar surface area (TPSA) is 106 Å². The van der Waals surface area contributed by atoms with E-state index in [0.717, 1.165) is 37.8 Å². The molecule has 3 unspecified atom stereocenters. The van der Waals surface area contributed by atoms with Gasteiger partial charge >= 0.3 is 0 Å². The van der Waals surface area contributed by atoms with Crippen LogP contribution in [0.25, 0.3) is 0 Å². The first kappa shape index (κ1) is 20.8. The summed E-state index contributed by atoms with van der Waals surface area (Å²) in [6.45, 7) is 2.15. The lowest BCUT2D eigenvalue weighted by molar-refractivity contribution is -0.128. The highest BCUT2D eigenvalue weighted by Gasteiger charge is 2.53. The number of fused-ring (bicyclic) bond motifs is 2. The van der Waals surface area contributed by atoms with Gasteiger partial charge < -0.3 is 30.1 Å². The molecule has 8 atom stereocenters. The summed E-state index contributed by atoms with van der Waals surface area (Å²) in [6.07, 6.45) is -0.598. The molecule has 8 heteroatoms. The van der Waals surface area contributed by atoms with Crippen LogP contribution in [0.5, 0.6) is 0 Å². The number of hydrogen-bond acceptors (Lipinski definition) is 8.